The molecule has 1 amide bonds. The Morgan fingerprint density at radius 3 is 2.32 bits per heavy atom. The van der Waals surface area contributed by atoms with E-state index in [1.165, 1.54) is 17.1 Å². The predicted octanol–water partition coefficient (Wildman–Crippen LogP) is 4.02. The Morgan fingerprint density at radius 1 is 0.912 bits per heavy atom. The van der Waals surface area contributed by atoms with Crippen LogP contribution in [0.5, 0.6) is 5.75 Å². The number of ether oxygens (including phenoxy) is 1. The van der Waals surface area contributed by atoms with Gasteiger partial charge in [-0.1, -0.05) is 42.5 Å². The van der Waals surface area contributed by atoms with Crippen LogP contribution in [-0.4, -0.2) is 40.1 Å². The van der Waals surface area contributed by atoms with Gasteiger partial charge in [0.15, 0.2) is 6.10 Å². The van der Waals surface area contributed by atoms with Crippen LogP contribution in [0.25, 0.3) is 0 Å². The lowest BCUT2D eigenvalue weighted by molar-refractivity contribution is -0.122. The molecule has 0 radical (unpaired) electrons. The zero-order valence-electron chi connectivity index (χ0n) is 18.8. The second-order valence-electron chi connectivity index (χ2n) is 8.58. The van der Waals surface area contributed by atoms with Gasteiger partial charge in [-0.05, 0) is 54.8 Å². The SMILES string of the molecule is O=C(Nc1ccc(N2CCCC2)cc1)[C@H]1CN(S(=O)(=O)Cc2ccccc2)c2ccccc2O1. The zero-order chi connectivity index (χ0) is 23.5. The van der Waals surface area contributed by atoms with Gasteiger partial charge in [-0.15, -0.1) is 0 Å². The number of nitrogens with zero attached hydrogens (tertiary/aromatic N) is 2. The van der Waals surface area contributed by atoms with Crippen molar-refractivity contribution in [2.24, 2.45) is 0 Å². The van der Waals surface area contributed by atoms with E-state index in [1.807, 2.05) is 42.5 Å². The van der Waals surface area contributed by atoms with E-state index in [-0.39, 0.29) is 18.2 Å². The smallest absolute Gasteiger partial charge is 0.267 e. The van der Waals surface area contributed by atoms with Gasteiger partial charge >= 0.3 is 0 Å². The largest absolute Gasteiger partial charge is 0.476 e. The number of carbonyl (C=O) groups excluding carboxylic acids is 1. The molecule has 5 rings (SSSR count). The first kappa shape index (κ1) is 22.3. The summed E-state index contributed by atoms with van der Waals surface area (Å²) in [6.45, 7) is 2.01. The van der Waals surface area contributed by atoms with Gasteiger partial charge in [0.25, 0.3) is 5.91 Å². The van der Waals surface area contributed by atoms with Crippen LogP contribution in [0.4, 0.5) is 17.1 Å². The van der Waals surface area contributed by atoms with Crippen LogP contribution < -0.4 is 19.3 Å². The van der Waals surface area contributed by atoms with Gasteiger partial charge in [0, 0.05) is 24.5 Å². The molecular weight excluding hydrogens is 450 g/mol. The number of sulfonamides is 1. The minimum absolute atomic E-state index is 0.0934. The molecule has 3 aromatic carbocycles. The third kappa shape index (κ3) is 4.72. The van der Waals surface area contributed by atoms with Crippen LogP contribution in [0.3, 0.4) is 0 Å². The van der Waals surface area contributed by atoms with E-state index in [0.29, 0.717) is 22.7 Å². The third-order valence-electron chi connectivity index (χ3n) is 6.16. The van der Waals surface area contributed by atoms with E-state index in [4.69, 9.17) is 4.74 Å². The average molecular weight is 478 g/mol. The summed E-state index contributed by atoms with van der Waals surface area (Å²) < 4.78 is 33.9. The van der Waals surface area contributed by atoms with Crippen molar-refractivity contribution in [3.63, 3.8) is 0 Å². The second-order valence-corrected chi connectivity index (χ2v) is 10.5. The van der Waals surface area contributed by atoms with Crippen molar-refractivity contribution in [1.29, 1.82) is 0 Å². The van der Waals surface area contributed by atoms with Gasteiger partial charge in [0.2, 0.25) is 10.0 Å². The van der Waals surface area contributed by atoms with Crippen molar-refractivity contribution in [1.82, 2.24) is 0 Å². The highest BCUT2D eigenvalue weighted by molar-refractivity contribution is 7.92. The number of nitrogens with one attached hydrogen (secondary N) is 1. The monoisotopic (exact) mass is 477 g/mol. The van der Waals surface area contributed by atoms with Gasteiger partial charge in [-0.25, -0.2) is 8.42 Å². The highest BCUT2D eigenvalue weighted by atomic mass is 32.2. The molecule has 0 unspecified atom stereocenters. The van der Waals surface area contributed by atoms with Crippen molar-refractivity contribution in [2.45, 2.75) is 24.7 Å². The molecule has 176 valence electrons. The summed E-state index contributed by atoms with van der Waals surface area (Å²) in [5.41, 5.74) is 2.91. The van der Waals surface area contributed by atoms with Crippen LogP contribution in [0, 0.1) is 0 Å². The van der Waals surface area contributed by atoms with Gasteiger partial charge < -0.3 is 15.0 Å². The van der Waals surface area contributed by atoms with E-state index in [9.17, 15) is 13.2 Å². The molecule has 0 bridgehead atoms. The number of rotatable bonds is 6. The number of anilines is 3. The molecule has 0 aliphatic carbocycles. The van der Waals surface area contributed by atoms with Gasteiger partial charge in [-0.2, -0.15) is 0 Å². The molecule has 1 atom stereocenters. The molecule has 0 spiro atoms. The van der Waals surface area contributed by atoms with Crippen LogP contribution >= 0.6 is 0 Å². The quantitative estimate of drug-likeness (QED) is 0.580. The molecule has 34 heavy (non-hydrogen) atoms. The maximum atomic E-state index is 13.3. The summed E-state index contributed by atoms with van der Waals surface area (Å²) in [4.78, 5) is 15.4. The lowest BCUT2D eigenvalue weighted by atomic mass is 10.2. The summed E-state index contributed by atoms with van der Waals surface area (Å²) in [7, 11) is -3.74. The molecule has 0 aromatic heterocycles. The molecular formula is C26H27N3O4S. The number of fused-ring (bicyclic) bond motifs is 1. The van der Waals surface area contributed by atoms with Crippen molar-refractivity contribution >= 4 is 33.0 Å². The van der Waals surface area contributed by atoms with Crippen LogP contribution in [0.15, 0.2) is 78.9 Å². The highest BCUT2D eigenvalue weighted by Gasteiger charge is 2.36. The summed E-state index contributed by atoms with van der Waals surface area (Å²) in [5, 5.41) is 2.88. The second kappa shape index (κ2) is 9.38. The molecule has 3 aromatic rings. The fraction of sp³-hybridized carbons (Fsp3) is 0.269. The molecule has 1 fully saturated rings. The number of hydrogen-bond acceptors (Lipinski definition) is 5. The lowest BCUT2D eigenvalue weighted by Gasteiger charge is -2.34. The van der Waals surface area contributed by atoms with Crippen molar-refractivity contribution in [2.75, 3.05) is 34.2 Å². The summed E-state index contributed by atoms with van der Waals surface area (Å²) in [6, 6.07) is 23.6. The maximum Gasteiger partial charge on any atom is 0.267 e. The van der Waals surface area contributed by atoms with Crippen LogP contribution in [0.2, 0.25) is 0 Å². The fourth-order valence-corrected chi connectivity index (χ4v) is 6.00. The van der Waals surface area contributed by atoms with Crippen molar-refractivity contribution < 1.29 is 17.9 Å². The number of para-hydroxylation sites is 2. The van der Waals surface area contributed by atoms with Crippen molar-refractivity contribution in [3.8, 4) is 5.75 Å². The Kier molecular flexibility index (Phi) is 6.15. The number of benzene rings is 3. The van der Waals surface area contributed by atoms with Gasteiger partial charge in [-0.3, -0.25) is 9.10 Å². The Balaban J connectivity index is 1.34. The molecule has 2 aliphatic heterocycles. The first-order valence-corrected chi connectivity index (χ1v) is 13.1. The summed E-state index contributed by atoms with van der Waals surface area (Å²) >= 11 is 0. The molecule has 1 saturated heterocycles. The normalized spacial score (nSPS) is 17.7. The molecule has 0 saturated carbocycles. The van der Waals surface area contributed by atoms with E-state index in [0.717, 1.165) is 18.8 Å². The van der Waals surface area contributed by atoms with Gasteiger partial charge in [0.1, 0.15) is 5.75 Å². The first-order chi connectivity index (χ1) is 16.5. The van der Waals surface area contributed by atoms with E-state index in [1.54, 1.807) is 36.4 Å². The maximum absolute atomic E-state index is 13.3. The number of carbonyl (C=O) groups is 1. The Hall–Kier alpha value is -3.52. The van der Waals surface area contributed by atoms with E-state index >= 15 is 0 Å². The first-order valence-electron chi connectivity index (χ1n) is 11.5. The number of amides is 1. The molecule has 7 nitrogen and oxygen atoms in total. The van der Waals surface area contributed by atoms with Crippen LogP contribution in [-0.2, 0) is 20.6 Å². The summed E-state index contributed by atoms with van der Waals surface area (Å²) in [6.07, 6.45) is 1.42. The Labute approximate surface area is 200 Å². The average Bonchev–Trinajstić information content (AvgIpc) is 3.39. The molecule has 8 heteroatoms. The van der Waals surface area contributed by atoms with Crippen molar-refractivity contribution in [3.05, 3.63) is 84.4 Å². The molecule has 1 N–H and O–H groups in total. The topological polar surface area (TPSA) is 79.0 Å². The zero-order valence-corrected chi connectivity index (χ0v) is 19.6. The van der Waals surface area contributed by atoms with Crippen LogP contribution in [0.1, 0.15) is 18.4 Å². The standard InChI is InChI=1S/C26H27N3O4S/c30-26(27-21-12-14-22(15-13-21)28-16-6-7-17-28)25-18-29(23-10-4-5-11-24(23)33-25)34(31,32)19-20-8-2-1-3-9-20/h1-5,8-15,25H,6-7,16-19H2,(H,27,30)/t25-/m1/s1. The minimum Gasteiger partial charge on any atom is -0.476 e. The van der Waals surface area contributed by atoms with E-state index < -0.39 is 16.1 Å². The summed E-state index contributed by atoms with van der Waals surface area (Å²) in [5.74, 6) is -0.174. The van der Waals surface area contributed by atoms with E-state index in [2.05, 4.69) is 10.2 Å². The molecule has 2 aliphatic rings. The predicted molar refractivity (Wildman–Crippen MR) is 134 cm³/mol. The Bertz CT molecular complexity index is 1260. The molecule has 2 heterocycles. The Morgan fingerprint density at radius 2 is 1.59 bits per heavy atom. The number of hydrogen-bond donors (Lipinski definition) is 1. The lowest BCUT2D eigenvalue weighted by Crippen LogP contribution is -2.49. The third-order valence-corrected chi connectivity index (χ3v) is 7.88. The fourth-order valence-electron chi connectivity index (χ4n) is 4.42. The highest BCUT2D eigenvalue weighted by Crippen LogP contribution is 2.36. The van der Waals surface area contributed by atoms with Gasteiger partial charge in [0.05, 0.1) is 18.0 Å². The minimum atomic E-state index is -3.74.